The fourth-order valence-corrected chi connectivity index (χ4v) is 7.25. The van der Waals surface area contributed by atoms with Crippen molar-refractivity contribution in [2.75, 3.05) is 26.4 Å². The van der Waals surface area contributed by atoms with Crippen LogP contribution in [0.25, 0.3) is 22.3 Å². The van der Waals surface area contributed by atoms with Crippen molar-refractivity contribution in [3.05, 3.63) is 179 Å². The van der Waals surface area contributed by atoms with Crippen LogP contribution in [-0.4, -0.2) is 38.6 Å². The lowest BCUT2D eigenvalue weighted by Gasteiger charge is -2.43. The third-order valence-corrected chi connectivity index (χ3v) is 9.83. The van der Waals surface area contributed by atoms with Gasteiger partial charge in [-0.1, -0.05) is 121 Å². The average molecular weight is 661 g/mol. The molecule has 2 aliphatic heterocycles. The van der Waals surface area contributed by atoms with Crippen LogP contribution in [0, 0.1) is 0 Å². The summed E-state index contributed by atoms with van der Waals surface area (Å²) in [7, 11) is 0. The van der Waals surface area contributed by atoms with E-state index in [0.717, 1.165) is 39.8 Å². The molecule has 6 aromatic rings. The molecule has 0 bridgehead atoms. The van der Waals surface area contributed by atoms with Gasteiger partial charge in [-0.05, 0) is 75.2 Å². The lowest BCUT2D eigenvalue weighted by Crippen LogP contribution is -2.36. The van der Waals surface area contributed by atoms with Crippen LogP contribution in [0.2, 0.25) is 0 Å². The molecule has 50 heavy (non-hydrogen) atoms. The summed E-state index contributed by atoms with van der Waals surface area (Å²) in [5.74, 6) is 1.30. The number of fused-ring (bicyclic) bond motifs is 2. The van der Waals surface area contributed by atoms with E-state index in [1.165, 1.54) is 22.3 Å². The van der Waals surface area contributed by atoms with Crippen molar-refractivity contribution in [1.29, 1.82) is 0 Å². The van der Waals surface area contributed by atoms with Crippen LogP contribution >= 0.6 is 0 Å². The first kappa shape index (κ1) is 30.8. The van der Waals surface area contributed by atoms with Gasteiger partial charge < -0.3 is 19.2 Å². The summed E-state index contributed by atoms with van der Waals surface area (Å²) < 4.78 is 10.7. The molecule has 0 N–H and O–H groups in total. The van der Waals surface area contributed by atoms with Crippen molar-refractivity contribution in [1.82, 2.24) is 0 Å². The van der Waals surface area contributed by atoms with Gasteiger partial charge >= 0.3 is 0 Å². The molecular formula is C44H36O6. The maximum atomic E-state index is 5.99. The standard InChI is InChI=1S/C44H36O6/c1-3-11-30(12-4-1)38-24-34(19-21-42(38)49-47-28-36-26-45-36)44(40-17-9-7-15-32(40)23-33-16-8-10-18-41(33)44)35-20-22-43(50-48-29-37-27-46-37)39(25-35)31-13-5-2-6-14-31/h1-22,24-25,36-37H,23,26-29H2. The Bertz CT molecular complexity index is 1970. The Kier molecular flexibility index (Phi) is 8.15. The second-order valence-corrected chi connectivity index (χ2v) is 13.0. The number of hydrogen-bond acceptors (Lipinski definition) is 6. The van der Waals surface area contributed by atoms with Gasteiger partial charge in [0.2, 0.25) is 0 Å². The van der Waals surface area contributed by atoms with Crippen molar-refractivity contribution in [3.63, 3.8) is 0 Å². The van der Waals surface area contributed by atoms with Gasteiger partial charge in [-0.3, -0.25) is 0 Å². The summed E-state index contributed by atoms with van der Waals surface area (Å²) in [5.41, 5.74) is 10.6. The number of ether oxygens (including phenoxy) is 2. The Hall–Kier alpha value is -5.24. The lowest BCUT2D eigenvalue weighted by atomic mass is 9.59. The largest absolute Gasteiger partial charge is 0.370 e. The van der Waals surface area contributed by atoms with Crippen molar-refractivity contribution in [2.24, 2.45) is 0 Å². The number of hydrogen-bond donors (Lipinski definition) is 0. The first-order valence-electron chi connectivity index (χ1n) is 17.2. The van der Waals surface area contributed by atoms with Gasteiger partial charge in [0.15, 0.2) is 11.5 Å². The van der Waals surface area contributed by atoms with Crippen molar-refractivity contribution < 1.29 is 29.0 Å². The van der Waals surface area contributed by atoms with Crippen LogP contribution in [0.15, 0.2) is 146 Å². The predicted molar refractivity (Wildman–Crippen MR) is 191 cm³/mol. The summed E-state index contributed by atoms with van der Waals surface area (Å²) in [6.45, 7) is 2.17. The molecule has 0 aromatic heterocycles. The highest BCUT2D eigenvalue weighted by atomic mass is 17.2. The van der Waals surface area contributed by atoms with Crippen LogP contribution in [0.4, 0.5) is 0 Å². The molecule has 0 saturated carbocycles. The Morgan fingerprint density at radius 1 is 0.500 bits per heavy atom. The van der Waals surface area contributed by atoms with Crippen LogP contribution in [0.1, 0.15) is 33.4 Å². The summed E-state index contributed by atoms with van der Waals surface area (Å²) >= 11 is 0. The molecule has 6 nitrogen and oxygen atoms in total. The van der Waals surface area contributed by atoms with E-state index in [1.54, 1.807) is 0 Å². The molecule has 3 aliphatic rings. The highest BCUT2D eigenvalue weighted by molar-refractivity contribution is 5.78. The topological polar surface area (TPSA) is 62.0 Å². The SMILES string of the molecule is c1ccc(-c2cc(C3(c4ccc(OOCC5CO5)c(-c5ccccc5)c4)c4ccccc4Cc4ccccc43)ccc2OOCC2CO2)cc1. The van der Waals surface area contributed by atoms with Gasteiger partial charge in [0.25, 0.3) is 0 Å². The number of rotatable bonds is 12. The normalized spacial score (nSPS) is 18.1. The van der Waals surface area contributed by atoms with Crippen LogP contribution in [0.5, 0.6) is 11.5 Å². The average Bonchev–Trinajstić information content (AvgIpc) is 4.12. The number of benzene rings is 6. The van der Waals surface area contributed by atoms with E-state index in [-0.39, 0.29) is 12.2 Å². The van der Waals surface area contributed by atoms with E-state index in [2.05, 4.69) is 97.1 Å². The monoisotopic (exact) mass is 660 g/mol. The second-order valence-electron chi connectivity index (χ2n) is 13.0. The van der Waals surface area contributed by atoms with E-state index < -0.39 is 5.41 Å². The van der Waals surface area contributed by atoms with E-state index in [9.17, 15) is 0 Å². The van der Waals surface area contributed by atoms with Crippen LogP contribution in [-0.2, 0) is 31.1 Å². The summed E-state index contributed by atoms with van der Waals surface area (Å²) in [6.07, 6.45) is 1.03. The van der Waals surface area contributed by atoms with Crippen LogP contribution < -0.4 is 9.78 Å². The summed E-state index contributed by atoms with van der Waals surface area (Å²) in [5, 5.41) is 0. The van der Waals surface area contributed by atoms with Gasteiger partial charge in [0.05, 0.1) is 18.6 Å². The van der Waals surface area contributed by atoms with E-state index in [1.807, 2.05) is 48.5 Å². The molecular weight excluding hydrogens is 624 g/mol. The van der Waals surface area contributed by atoms with E-state index in [4.69, 9.17) is 29.0 Å². The van der Waals surface area contributed by atoms with Crippen molar-refractivity contribution in [3.8, 4) is 33.8 Å². The Morgan fingerprint density at radius 2 is 0.920 bits per heavy atom. The zero-order valence-corrected chi connectivity index (χ0v) is 27.5. The van der Waals surface area contributed by atoms with Gasteiger partial charge in [-0.25, -0.2) is 0 Å². The maximum Gasteiger partial charge on any atom is 0.173 e. The Morgan fingerprint density at radius 3 is 1.36 bits per heavy atom. The molecule has 2 fully saturated rings. The van der Waals surface area contributed by atoms with Gasteiger partial charge in [0.1, 0.15) is 25.4 Å². The van der Waals surface area contributed by atoms with E-state index >= 15 is 0 Å². The molecule has 0 radical (unpaired) electrons. The van der Waals surface area contributed by atoms with E-state index in [0.29, 0.717) is 37.9 Å². The molecule has 6 heteroatoms. The van der Waals surface area contributed by atoms with Crippen molar-refractivity contribution >= 4 is 0 Å². The number of epoxide rings is 2. The fourth-order valence-electron chi connectivity index (χ4n) is 7.25. The first-order valence-corrected chi connectivity index (χ1v) is 17.2. The van der Waals surface area contributed by atoms with Crippen LogP contribution in [0.3, 0.4) is 0 Å². The minimum atomic E-state index is -0.680. The molecule has 2 atom stereocenters. The molecule has 2 unspecified atom stereocenters. The lowest BCUT2D eigenvalue weighted by molar-refractivity contribution is -0.209. The predicted octanol–water partition coefficient (Wildman–Crippen LogP) is 8.73. The highest BCUT2D eigenvalue weighted by Gasteiger charge is 2.44. The zero-order chi connectivity index (χ0) is 33.3. The molecule has 2 heterocycles. The minimum absolute atomic E-state index is 0.0890. The smallest absolute Gasteiger partial charge is 0.173 e. The first-order chi connectivity index (χ1) is 24.8. The molecule has 9 rings (SSSR count). The zero-order valence-electron chi connectivity index (χ0n) is 27.5. The molecule has 2 saturated heterocycles. The van der Waals surface area contributed by atoms with Gasteiger partial charge in [0, 0.05) is 11.1 Å². The molecule has 6 aromatic carbocycles. The quantitative estimate of drug-likeness (QED) is 0.0742. The second kappa shape index (κ2) is 13.2. The maximum absolute atomic E-state index is 5.99. The van der Waals surface area contributed by atoms with Crippen molar-refractivity contribution in [2.45, 2.75) is 24.0 Å². The molecule has 0 amide bonds. The minimum Gasteiger partial charge on any atom is -0.370 e. The fraction of sp³-hybridized carbons (Fsp3) is 0.182. The van der Waals surface area contributed by atoms with Gasteiger partial charge in [-0.15, -0.1) is 0 Å². The third-order valence-electron chi connectivity index (χ3n) is 9.83. The Balaban J connectivity index is 1.27. The summed E-state index contributed by atoms with van der Waals surface area (Å²) in [6, 6.07) is 51.3. The molecule has 1 aliphatic carbocycles. The summed E-state index contributed by atoms with van der Waals surface area (Å²) in [4.78, 5) is 23.4. The highest BCUT2D eigenvalue weighted by Crippen LogP contribution is 2.53. The molecule has 248 valence electrons. The van der Waals surface area contributed by atoms with Gasteiger partial charge in [-0.2, -0.15) is 9.78 Å². The Labute approximate surface area is 291 Å². The molecule has 0 spiro atoms. The third kappa shape index (κ3) is 5.86.